The number of aryl methyl sites for hydroxylation is 1. The summed E-state index contributed by atoms with van der Waals surface area (Å²) in [6, 6.07) is 5.00. The smallest absolute Gasteiger partial charge is 0.419 e. The number of aliphatic carboxylic acids is 1. The summed E-state index contributed by atoms with van der Waals surface area (Å²) in [5.74, 6) is -1.51. The molecule has 1 amide bonds. The van der Waals surface area contributed by atoms with E-state index < -0.39 is 17.1 Å². The zero-order valence-corrected chi connectivity index (χ0v) is 14.2. The van der Waals surface area contributed by atoms with E-state index in [1.165, 1.54) is 4.57 Å². The fourth-order valence-corrected chi connectivity index (χ4v) is 3.79. The Morgan fingerprint density at radius 3 is 2.64 bits per heavy atom. The van der Waals surface area contributed by atoms with E-state index in [1.807, 2.05) is 0 Å². The van der Waals surface area contributed by atoms with Crippen molar-refractivity contribution >= 4 is 28.7 Å². The van der Waals surface area contributed by atoms with Crippen molar-refractivity contribution in [3.8, 4) is 0 Å². The van der Waals surface area contributed by atoms with Gasteiger partial charge in [-0.25, -0.2) is 4.79 Å². The molecule has 0 unspecified atom stereocenters. The Morgan fingerprint density at radius 2 is 1.96 bits per heavy atom. The minimum Gasteiger partial charge on any atom is -0.481 e. The van der Waals surface area contributed by atoms with E-state index in [4.69, 9.17) is 4.42 Å². The van der Waals surface area contributed by atoms with Gasteiger partial charge in [0, 0.05) is 19.2 Å². The molecule has 2 N–H and O–H groups in total. The lowest BCUT2D eigenvalue weighted by atomic mass is 9.69. The molecule has 0 radical (unpaired) electrons. The first-order chi connectivity index (χ1) is 11.9. The van der Waals surface area contributed by atoms with Gasteiger partial charge < -0.3 is 14.8 Å². The lowest BCUT2D eigenvalue weighted by Crippen LogP contribution is -2.32. The molecule has 25 heavy (non-hydrogen) atoms. The lowest BCUT2D eigenvalue weighted by molar-refractivity contribution is -0.140. The van der Waals surface area contributed by atoms with E-state index in [0.717, 1.165) is 32.1 Å². The predicted octanol–water partition coefficient (Wildman–Crippen LogP) is 2.89. The average molecular weight is 346 g/mol. The summed E-state index contributed by atoms with van der Waals surface area (Å²) in [5, 5.41) is 12.0. The molecule has 2 aromatic rings. The van der Waals surface area contributed by atoms with Crippen LogP contribution in [0.15, 0.2) is 27.4 Å². The third kappa shape index (κ3) is 3.75. The quantitative estimate of drug-likeness (QED) is 0.867. The molecule has 134 valence electrons. The number of nitrogens with one attached hydrogen (secondary N) is 1. The van der Waals surface area contributed by atoms with Gasteiger partial charge in [0.15, 0.2) is 5.58 Å². The number of rotatable bonds is 5. The first kappa shape index (κ1) is 17.3. The molecule has 1 saturated carbocycles. The Labute approximate surface area is 144 Å². The van der Waals surface area contributed by atoms with Gasteiger partial charge in [-0.15, -0.1) is 0 Å². The summed E-state index contributed by atoms with van der Waals surface area (Å²) in [6.07, 6.45) is 4.77. The number of benzene rings is 1. The summed E-state index contributed by atoms with van der Waals surface area (Å²) in [7, 11) is 1.60. The number of amides is 1. The number of oxazole rings is 1. The van der Waals surface area contributed by atoms with Crippen LogP contribution in [0.4, 0.5) is 5.69 Å². The minimum absolute atomic E-state index is 0.0235. The van der Waals surface area contributed by atoms with Crippen molar-refractivity contribution < 1.29 is 19.1 Å². The Balaban J connectivity index is 1.75. The molecule has 1 fully saturated rings. The van der Waals surface area contributed by atoms with Gasteiger partial charge in [0.05, 0.1) is 11.9 Å². The van der Waals surface area contributed by atoms with Gasteiger partial charge in [-0.1, -0.05) is 19.3 Å². The van der Waals surface area contributed by atoms with Crippen molar-refractivity contribution in [3.63, 3.8) is 0 Å². The topological polar surface area (TPSA) is 102 Å². The second-order valence-electron chi connectivity index (χ2n) is 6.97. The number of carboxylic acids is 1. The number of carboxylic acid groups (broad SMARTS) is 1. The van der Waals surface area contributed by atoms with Crippen LogP contribution in [0.1, 0.15) is 44.9 Å². The Bertz CT molecular complexity index is 858. The molecule has 0 atom stereocenters. The molecule has 7 nitrogen and oxygen atoms in total. The van der Waals surface area contributed by atoms with E-state index in [2.05, 4.69) is 5.32 Å². The summed E-state index contributed by atoms with van der Waals surface area (Å²) in [4.78, 5) is 35.3. The first-order valence-electron chi connectivity index (χ1n) is 8.50. The number of aromatic nitrogens is 1. The number of nitrogens with zero attached hydrogens (tertiary/aromatic N) is 1. The highest BCUT2D eigenvalue weighted by Gasteiger charge is 2.36. The third-order valence-corrected chi connectivity index (χ3v) is 5.05. The van der Waals surface area contributed by atoms with Crippen molar-refractivity contribution in [2.45, 2.75) is 44.9 Å². The third-order valence-electron chi connectivity index (χ3n) is 5.05. The molecule has 1 aromatic carbocycles. The molecule has 0 aliphatic heterocycles. The molecule has 0 spiro atoms. The molecule has 7 heteroatoms. The number of hydrogen-bond acceptors (Lipinski definition) is 4. The van der Waals surface area contributed by atoms with E-state index in [1.54, 1.807) is 25.2 Å². The number of carbonyl (C=O) groups excluding carboxylic acids is 1. The van der Waals surface area contributed by atoms with Crippen molar-refractivity contribution in [2.24, 2.45) is 12.5 Å². The SMILES string of the molecule is Cn1c(=O)oc2ccc(NC(=O)CC3(CC(=O)O)CCCCC3)cc21. The van der Waals surface area contributed by atoms with Gasteiger partial charge in [-0.05, 0) is 36.5 Å². The Morgan fingerprint density at radius 1 is 1.24 bits per heavy atom. The minimum atomic E-state index is -0.857. The number of anilines is 1. The molecule has 1 aliphatic rings. The van der Waals surface area contributed by atoms with Crippen LogP contribution in [0, 0.1) is 5.41 Å². The fraction of sp³-hybridized carbons (Fsp3) is 0.500. The monoisotopic (exact) mass is 346 g/mol. The van der Waals surface area contributed by atoms with Crippen LogP contribution in [0.5, 0.6) is 0 Å². The summed E-state index contributed by atoms with van der Waals surface area (Å²) < 4.78 is 6.44. The van der Waals surface area contributed by atoms with Crippen molar-refractivity contribution in [2.75, 3.05) is 5.32 Å². The summed E-state index contributed by atoms with van der Waals surface area (Å²) in [5.41, 5.74) is 1.16. The molecule has 3 rings (SSSR count). The van der Waals surface area contributed by atoms with Crippen LogP contribution in [-0.2, 0) is 16.6 Å². The van der Waals surface area contributed by atoms with E-state index in [-0.39, 0.29) is 18.7 Å². The van der Waals surface area contributed by atoms with Crippen LogP contribution in [-0.4, -0.2) is 21.6 Å². The van der Waals surface area contributed by atoms with E-state index in [9.17, 15) is 19.5 Å². The largest absolute Gasteiger partial charge is 0.481 e. The highest BCUT2D eigenvalue weighted by molar-refractivity contribution is 5.93. The molecular weight excluding hydrogens is 324 g/mol. The normalized spacial score (nSPS) is 16.7. The first-order valence-corrected chi connectivity index (χ1v) is 8.50. The van der Waals surface area contributed by atoms with Crippen LogP contribution < -0.4 is 11.1 Å². The van der Waals surface area contributed by atoms with Gasteiger partial charge in [0.25, 0.3) is 0 Å². The maximum absolute atomic E-state index is 12.5. The predicted molar refractivity (Wildman–Crippen MR) is 92.5 cm³/mol. The second kappa shape index (κ2) is 6.74. The van der Waals surface area contributed by atoms with Crippen LogP contribution in [0.3, 0.4) is 0 Å². The molecule has 0 saturated heterocycles. The second-order valence-corrected chi connectivity index (χ2v) is 6.97. The Hall–Kier alpha value is -2.57. The molecular formula is C18H22N2O5. The van der Waals surface area contributed by atoms with Gasteiger partial charge in [-0.2, -0.15) is 0 Å². The van der Waals surface area contributed by atoms with E-state index >= 15 is 0 Å². The number of carbonyl (C=O) groups is 2. The zero-order valence-electron chi connectivity index (χ0n) is 14.2. The van der Waals surface area contributed by atoms with E-state index in [0.29, 0.717) is 16.8 Å². The highest BCUT2D eigenvalue weighted by Crippen LogP contribution is 2.42. The zero-order chi connectivity index (χ0) is 18.0. The lowest BCUT2D eigenvalue weighted by Gasteiger charge is -2.35. The van der Waals surface area contributed by atoms with Crippen molar-refractivity contribution in [1.29, 1.82) is 0 Å². The summed E-state index contributed by atoms with van der Waals surface area (Å²) in [6.45, 7) is 0. The molecule has 1 aromatic heterocycles. The van der Waals surface area contributed by atoms with Crippen LogP contribution in [0.2, 0.25) is 0 Å². The molecule has 0 bridgehead atoms. The van der Waals surface area contributed by atoms with Gasteiger partial charge in [-0.3, -0.25) is 14.2 Å². The standard InChI is InChI=1S/C18H22N2O5/c1-20-13-9-12(5-6-14(13)25-17(20)24)19-15(21)10-18(11-16(22)23)7-3-2-4-8-18/h5-6,9H,2-4,7-8,10-11H2,1H3,(H,19,21)(H,22,23). The molecule has 1 heterocycles. The van der Waals surface area contributed by atoms with Gasteiger partial charge in [0.1, 0.15) is 0 Å². The maximum Gasteiger partial charge on any atom is 0.419 e. The van der Waals surface area contributed by atoms with Gasteiger partial charge in [0.2, 0.25) is 5.91 Å². The van der Waals surface area contributed by atoms with Crippen molar-refractivity contribution in [3.05, 3.63) is 28.7 Å². The summed E-state index contributed by atoms with van der Waals surface area (Å²) >= 11 is 0. The maximum atomic E-state index is 12.5. The van der Waals surface area contributed by atoms with Gasteiger partial charge >= 0.3 is 11.7 Å². The average Bonchev–Trinajstić information content (AvgIpc) is 2.82. The number of hydrogen-bond donors (Lipinski definition) is 2. The Kier molecular flexibility index (Phi) is 4.65. The van der Waals surface area contributed by atoms with Crippen molar-refractivity contribution in [1.82, 2.24) is 4.57 Å². The van der Waals surface area contributed by atoms with Crippen LogP contribution in [0.25, 0.3) is 11.1 Å². The fourth-order valence-electron chi connectivity index (χ4n) is 3.79. The molecule has 1 aliphatic carbocycles. The highest BCUT2D eigenvalue weighted by atomic mass is 16.4. The van der Waals surface area contributed by atoms with Crippen LogP contribution >= 0.6 is 0 Å². The number of fused-ring (bicyclic) bond motifs is 1.